The van der Waals surface area contributed by atoms with Crippen molar-refractivity contribution in [3.63, 3.8) is 0 Å². The SMILES string of the molecule is CC1(C)OB(c2ccc3cn[nH]c3c2)OC1(C)C.O=c1ccc(Br)cn1Cc1cccc(CO)c1. The molecule has 4 aromatic rings. The largest absolute Gasteiger partial charge is 0.494 e. The van der Waals surface area contributed by atoms with Crippen molar-refractivity contribution in [2.24, 2.45) is 0 Å². The number of H-pyrrole nitrogens is 1. The van der Waals surface area contributed by atoms with Gasteiger partial charge in [0.15, 0.2) is 0 Å². The molecule has 1 aliphatic rings. The van der Waals surface area contributed by atoms with Gasteiger partial charge in [-0.15, -0.1) is 0 Å². The zero-order valence-electron chi connectivity index (χ0n) is 20.3. The average molecular weight is 538 g/mol. The smallest absolute Gasteiger partial charge is 0.399 e. The number of aliphatic hydroxyl groups is 1. The molecule has 0 unspecified atom stereocenters. The van der Waals surface area contributed by atoms with Crippen molar-refractivity contribution in [1.82, 2.24) is 14.8 Å². The number of aromatic nitrogens is 3. The molecule has 1 aliphatic heterocycles. The van der Waals surface area contributed by atoms with Crippen LogP contribution in [-0.4, -0.2) is 38.2 Å². The van der Waals surface area contributed by atoms with Gasteiger partial charge in [0.25, 0.3) is 5.56 Å². The molecule has 1 fully saturated rings. The molecular formula is C26H29BBrN3O4. The zero-order valence-corrected chi connectivity index (χ0v) is 21.9. The summed E-state index contributed by atoms with van der Waals surface area (Å²) in [7, 11) is -0.317. The van der Waals surface area contributed by atoms with Crippen LogP contribution in [0.25, 0.3) is 10.9 Å². The Morgan fingerprint density at radius 1 is 1.03 bits per heavy atom. The van der Waals surface area contributed by atoms with Crippen LogP contribution in [0.4, 0.5) is 0 Å². The summed E-state index contributed by atoms with van der Waals surface area (Å²) in [5.41, 5.74) is 3.22. The summed E-state index contributed by atoms with van der Waals surface area (Å²) in [6.07, 6.45) is 3.57. The van der Waals surface area contributed by atoms with Gasteiger partial charge in [0.2, 0.25) is 0 Å². The molecule has 5 rings (SSSR count). The minimum absolute atomic E-state index is 0.0151. The highest BCUT2D eigenvalue weighted by atomic mass is 79.9. The Balaban J connectivity index is 0.000000165. The van der Waals surface area contributed by atoms with E-state index in [1.54, 1.807) is 16.8 Å². The van der Waals surface area contributed by atoms with Crippen molar-refractivity contribution in [2.45, 2.75) is 52.0 Å². The van der Waals surface area contributed by atoms with Crippen LogP contribution in [0.3, 0.4) is 0 Å². The normalized spacial score (nSPS) is 16.2. The maximum Gasteiger partial charge on any atom is 0.494 e. The predicted octanol–water partition coefficient (Wildman–Crippen LogP) is 4.01. The Bertz CT molecular complexity index is 1370. The Morgan fingerprint density at radius 2 is 1.74 bits per heavy atom. The van der Waals surface area contributed by atoms with E-state index in [1.807, 2.05) is 48.7 Å². The second kappa shape index (κ2) is 10.1. The summed E-state index contributed by atoms with van der Waals surface area (Å²) in [6, 6.07) is 16.9. The highest BCUT2D eigenvalue weighted by Crippen LogP contribution is 2.36. The van der Waals surface area contributed by atoms with E-state index in [0.717, 1.165) is 32.0 Å². The van der Waals surface area contributed by atoms with E-state index in [0.29, 0.717) is 6.54 Å². The lowest BCUT2D eigenvalue weighted by molar-refractivity contribution is 0.00578. The molecule has 7 nitrogen and oxygen atoms in total. The molecule has 182 valence electrons. The van der Waals surface area contributed by atoms with Gasteiger partial charge in [-0.05, 0) is 72.3 Å². The van der Waals surface area contributed by atoms with Gasteiger partial charge >= 0.3 is 7.12 Å². The fourth-order valence-electron chi connectivity index (χ4n) is 3.73. The van der Waals surface area contributed by atoms with Crippen molar-refractivity contribution in [3.8, 4) is 0 Å². The van der Waals surface area contributed by atoms with Crippen LogP contribution in [-0.2, 0) is 22.5 Å². The Labute approximate surface area is 213 Å². The van der Waals surface area contributed by atoms with Gasteiger partial charge in [0.05, 0.1) is 36.1 Å². The molecule has 2 aromatic heterocycles. The third kappa shape index (κ3) is 5.75. The number of hydrogen-bond donors (Lipinski definition) is 2. The number of nitrogens with zero attached hydrogens (tertiary/aromatic N) is 2. The topological polar surface area (TPSA) is 89.4 Å². The third-order valence-corrected chi connectivity index (χ3v) is 6.93. The van der Waals surface area contributed by atoms with E-state index >= 15 is 0 Å². The lowest BCUT2D eigenvalue weighted by Crippen LogP contribution is -2.41. The quantitative estimate of drug-likeness (QED) is 0.384. The molecule has 0 saturated carbocycles. The molecule has 1 saturated heterocycles. The molecule has 0 atom stereocenters. The van der Waals surface area contributed by atoms with Gasteiger partial charge in [-0.1, -0.05) is 36.4 Å². The van der Waals surface area contributed by atoms with E-state index in [2.05, 4.69) is 53.8 Å². The molecule has 2 aromatic carbocycles. The Hall–Kier alpha value is -2.72. The first-order chi connectivity index (χ1) is 16.6. The first-order valence-electron chi connectivity index (χ1n) is 11.4. The minimum Gasteiger partial charge on any atom is -0.399 e. The number of hydrogen-bond acceptors (Lipinski definition) is 5. The molecule has 3 heterocycles. The van der Waals surface area contributed by atoms with E-state index < -0.39 is 0 Å². The summed E-state index contributed by atoms with van der Waals surface area (Å²) in [6.45, 7) is 8.75. The van der Waals surface area contributed by atoms with Gasteiger partial charge < -0.3 is 19.0 Å². The van der Waals surface area contributed by atoms with E-state index in [-0.39, 0.29) is 30.5 Å². The monoisotopic (exact) mass is 537 g/mol. The van der Waals surface area contributed by atoms with E-state index in [1.165, 1.54) is 6.07 Å². The predicted molar refractivity (Wildman–Crippen MR) is 142 cm³/mol. The van der Waals surface area contributed by atoms with E-state index in [4.69, 9.17) is 14.4 Å². The van der Waals surface area contributed by atoms with Crippen LogP contribution in [0.1, 0.15) is 38.8 Å². The summed E-state index contributed by atoms with van der Waals surface area (Å²) in [5.74, 6) is 0. The average Bonchev–Trinajstić information content (AvgIpc) is 3.37. The fourth-order valence-corrected chi connectivity index (χ4v) is 4.11. The number of benzene rings is 2. The lowest BCUT2D eigenvalue weighted by Gasteiger charge is -2.32. The first kappa shape index (κ1) is 25.4. The van der Waals surface area contributed by atoms with Crippen LogP contribution < -0.4 is 11.0 Å². The maximum absolute atomic E-state index is 11.6. The Kier molecular flexibility index (Phi) is 7.33. The van der Waals surface area contributed by atoms with Crippen molar-refractivity contribution < 1.29 is 14.4 Å². The highest BCUT2D eigenvalue weighted by Gasteiger charge is 2.51. The fraction of sp³-hybridized carbons (Fsp3) is 0.308. The van der Waals surface area contributed by atoms with E-state index in [9.17, 15) is 4.79 Å². The molecule has 0 amide bonds. The lowest BCUT2D eigenvalue weighted by atomic mass is 9.79. The summed E-state index contributed by atoms with van der Waals surface area (Å²) in [4.78, 5) is 11.6. The number of fused-ring (bicyclic) bond motifs is 1. The van der Waals surface area contributed by atoms with Crippen LogP contribution in [0, 0.1) is 0 Å². The van der Waals surface area contributed by atoms with Crippen molar-refractivity contribution >= 4 is 39.4 Å². The molecule has 0 bridgehead atoms. The number of aromatic amines is 1. The van der Waals surface area contributed by atoms with Gasteiger partial charge in [-0.2, -0.15) is 5.10 Å². The molecule has 9 heteroatoms. The van der Waals surface area contributed by atoms with Crippen molar-refractivity contribution in [2.75, 3.05) is 0 Å². The first-order valence-corrected chi connectivity index (χ1v) is 12.2. The molecule has 0 aliphatic carbocycles. The summed E-state index contributed by atoms with van der Waals surface area (Å²) in [5, 5.41) is 17.1. The summed E-state index contributed by atoms with van der Waals surface area (Å²) < 4.78 is 14.5. The zero-order chi connectivity index (χ0) is 25.2. The number of halogens is 1. The van der Waals surface area contributed by atoms with Crippen LogP contribution in [0.5, 0.6) is 0 Å². The van der Waals surface area contributed by atoms with Crippen LogP contribution in [0.2, 0.25) is 0 Å². The number of nitrogens with one attached hydrogen (secondary N) is 1. The maximum atomic E-state index is 11.6. The van der Waals surface area contributed by atoms with Crippen molar-refractivity contribution in [3.05, 3.63) is 92.9 Å². The Morgan fingerprint density at radius 3 is 2.46 bits per heavy atom. The van der Waals surface area contributed by atoms with Crippen LogP contribution >= 0.6 is 15.9 Å². The molecule has 0 spiro atoms. The minimum atomic E-state index is -0.317. The third-order valence-electron chi connectivity index (χ3n) is 6.47. The molecule has 2 N–H and O–H groups in total. The molecule has 35 heavy (non-hydrogen) atoms. The highest BCUT2D eigenvalue weighted by molar-refractivity contribution is 9.10. The second-order valence-electron chi connectivity index (χ2n) is 9.60. The summed E-state index contributed by atoms with van der Waals surface area (Å²) >= 11 is 3.34. The standard InChI is InChI=1S/C13H17BN2O2.C13H12BrNO2/c1-12(2)13(3,4)18-14(17-12)10-6-5-9-8-15-16-11(9)7-10;14-12-4-5-13(17)15(8-12)7-10-2-1-3-11(6-10)9-16/h5-8H,1-4H3,(H,15,16);1-6,8,16H,7,9H2. The van der Waals surface area contributed by atoms with Crippen molar-refractivity contribution in [1.29, 1.82) is 0 Å². The number of pyridine rings is 1. The second-order valence-corrected chi connectivity index (χ2v) is 10.5. The van der Waals surface area contributed by atoms with Gasteiger partial charge in [0, 0.05) is 22.1 Å². The number of rotatable bonds is 4. The number of aliphatic hydroxyl groups excluding tert-OH is 1. The van der Waals surface area contributed by atoms with Crippen LogP contribution in [0.15, 0.2) is 76.3 Å². The molecule has 0 radical (unpaired) electrons. The van der Waals surface area contributed by atoms with Gasteiger partial charge in [-0.25, -0.2) is 0 Å². The molecular weight excluding hydrogens is 509 g/mol. The van der Waals surface area contributed by atoms with Gasteiger partial charge in [-0.3, -0.25) is 9.89 Å². The van der Waals surface area contributed by atoms with Gasteiger partial charge in [0.1, 0.15) is 0 Å².